The maximum absolute atomic E-state index is 11.4. The van der Waals surface area contributed by atoms with E-state index >= 15 is 0 Å². The molecule has 0 radical (unpaired) electrons. The summed E-state index contributed by atoms with van der Waals surface area (Å²) in [5, 5.41) is 9.65. The number of carbonyl (C=O) groups is 1. The molecule has 1 saturated carbocycles. The molecule has 1 aromatic carbocycles. The first-order chi connectivity index (χ1) is 12.5. The average Bonchev–Trinajstić information content (AvgIpc) is 3.11. The first kappa shape index (κ1) is 20.1. The van der Waals surface area contributed by atoms with Crippen molar-refractivity contribution in [3.8, 4) is 5.75 Å². The van der Waals surface area contributed by atoms with Crippen LogP contribution in [0.25, 0.3) is 0 Å². The molecule has 1 amide bonds. The van der Waals surface area contributed by atoms with Gasteiger partial charge >= 0.3 is 0 Å². The highest BCUT2D eigenvalue weighted by molar-refractivity contribution is 5.90. The summed E-state index contributed by atoms with van der Waals surface area (Å²) in [6.45, 7) is 5.35. The third-order valence-corrected chi connectivity index (χ3v) is 5.30. The molecule has 3 N–H and O–H groups in total. The van der Waals surface area contributed by atoms with Gasteiger partial charge in [0.25, 0.3) is 0 Å². The van der Waals surface area contributed by atoms with E-state index in [0.717, 1.165) is 18.1 Å². The molecule has 2 rings (SSSR count). The van der Waals surface area contributed by atoms with Crippen molar-refractivity contribution in [2.24, 2.45) is 10.4 Å². The highest BCUT2D eigenvalue weighted by atomic mass is 16.5. The van der Waals surface area contributed by atoms with Crippen molar-refractivity contribution in [3.63, 3.8) is 0 Å². The van der Waals surface area contributed by atoms with Crippen LogP contribution in [0.3, 0.4) is 0 Å². The van der Waals surface area contributed by atoms with Crippen LogP contribution in [-0.4, -0.2) is 32.6 Å². The highest BCUT2D eigenvalue weighted by Gasteiger charge is 2.31. The zero-order valence-electron chi connectivity index (χ0n) is 16.4. The van der Waals surface area contributed by atoms with Gasteiger partial charge in [0.1, 0.15) is 5.75 Å². The van der Waals surface area contributed by atoms with Crippen molar-refractivity contribution < 1.29 is 9.53 Å². The van der Waals surface area contributed by atoms with Crippen molar-refractivity contribution >= 4 is 17.6 Å². The Bertz CT molecular complexity index is 637. The molecule has 26 heavy (non-hydrogen) atoms. The Kier molecular flexibility index (Phi) is 7.30. The number of aliphatic imine (C=N–C) groups is 1. The van der Waals surface area contributed by atoms with Crippen LogP contribution in [-0.2, 0) is 11.3 Å². The summed E-state index contributed by atoms with van der Waals surface area (Å²) in [7, 11) is 3.39. The molecule has 0 aromatic heterocycles. The first-order valence-electron chi connectivity index (χ1n) is 9.41. The molecule has 0 aliphatic heterocycles. The monoisotopic (exact) mass is 360 g/mol. The van der Waals surface area contributed by atoms with E-state index in [1.807, 2.05) is 18.2 Å². The summed E-state index contributed by atoms with van der Waals surface area (Å²) in [5.74, 6) is 1.34. The van der Waals surface area contributed by atoms with Crippen molar-refractivity contribution in [3.05, 3.63) is 23.8 Å². The predicted molar refractivity (Wildman–Crippen MR) is 107 cm³/mol. The quantitative estimate of drug-likeness (QED) is 0.515. The van der Waals surface area contributed by atoms with Crippen LogP contribution in [0.15, 0.2) is 23.2 Å². The van der Waals surface area contributed by atoms with Gasteiger partial charge in [0.15, 0.2) is 5.96 Å². The molecule has 0 atom stereocenters. The topological polar surface area (TPSA) is 74.8 Å². The van der Waals surface area contributed by atoms with Gasteiger partial charge in [-0.15, -0.1) is 0 Å². The van der Waals surface area contributed by atoms with Crippen molar-refractivity contribution in [1.82, 2.24) is 10.6 Å². The van der Waals surface area contributed by atoms with Gasteiger partial charge in [-0.25, -0.2) is 0 Å². The molecule has 6 nitrogen and oxygen atoms in total. The van der Waals surface area contributed by atoms with E-state index in [4.69, 9.17) is 4.74 Å². The van der Waals surface area contributed by atoms with Crippen LogP contribution in [0.2, 0.25) is 0 Å². The Hall–Kier alpha value is -2.24. The number of carbonyl (C=O) groups excluding carboxylic acids is 1. The van der Waals surface area contributed by atoms with E-state index in [9.17, 15) is 4.79 Å². The van der Waals surface area contributed by atoms with Crippen LogP contribution < -0.4 is 20.7 Å². The van der Waals surface area contributed by atoms with Gasteiger partial charge in [0.05, 0.1) is 12.8 Å². The lowest BCUT2D eigenvalue weighted by Gasteiger charge is -2.28. The molecule has 1 aliphatic carbocycles. The van der Waals surface area contributed by atoms with E-state index in [-0.39, 0.29) is 5.91 Å². The third-order valence-electron chi connectivity index (χ3n) is 5.30. The van der Waals surface area contributed by atoms with Crippen LogP contribution in [0, 0.1) is 5.41 Å². The summed E-state index contributed by atoms with van der Waals surface area (Å²) in [6.07, 6.45) is 6.46. The number of amides is 1. The van der Waals surface area contributed by atoms with Crippen LogP contribution >= 0.6 is 0 Å². The number of anilines is 1. The Morgan fingerprint density at radius 2 is 2.00 bits per heavy atom. The summed E-state index contributed by atoms with van der Waals surface area (Å²) < 4.78 is 5.30. The number of hydrogen-bond acceptors (Lipinski definition) is 3. The van der Waals surface area contributed by atoms with Gasteiger partial charge in [0.2, 0.25) is 5.91 Å². The smallest absolute Gasteiger partial charge is 0.221 e. The van der Waals surface area contributed by atoms with Crippen LogP contribution in [0.5, 0.6) is 5.75 Å². The molecule has 0 unspecified atom stereocenters. The number of nitrogens with zero attached hydrogens (tertiary/aromatic N) is 1. The summed E-state index contributed by atoms with van der Waals surface area (Å²) in [4.78, 5) is 15.7. The first-order valence-corrected chi connectivity index (χ1v) is 9.41. The fourth-order valence-electron chi connectivity index (χ4n) is 3.61. The van der Waals surface area contributed by atoms with Gasteiger partial charge in [-0.3, -0.25) is 9.79 Å². The largest absolute Gasteiger partial charge is 0.495 e. The van der Waals surface area contributed by atoms with Crippen LogP contribution in [0.1, 0.15) is 51.5 Å². The molecule has 144 valence electrons. The zero-order valence-corrected chi connectivity index (χ0v) is 16.4. The number of nitrogens with one attached hydrogen (secondary N) is 3. The van der Waals surface area contributed by atoms with E-state index in [1.54, 1.807) is 14.2 Å². The number of methoxy groups -OCH3 is 1. The Labute approximate surface area is 156 Å². The Morgan fingerprint density at radius 3 is 2.58 bits per heavy atom. The van der Waals surface area contributed by atoms with Crippen LogP contribution in [0.4, 0.5) is 5.69 Å². The zero-order chi connectivity index (χ0) is 19.0. The fourth-order valence-corrected chi connectivity index (χ4v) is 3.61. The lowest BCUT2D eigenvalue weighted by Crippen LogP contribution is -2.42. The molecule has 1 fully saturated rings. The summed E-state index contributed by atoms with van der Waals surface area (Å²) in [5.41, 5.74) is 2.14. The molecule has 0 heterocycles. The SMILES string of the molecule is CCC1(CNC(=NC)NCc2ccc(OC)c(NC(C)=O)c2)CCCC1. The molecule has 1 aromatic rings. The van der Waals surface area contributed by atoms with E-state index in [0.29, 0.717) is 23.4 Å². The maximum Gasteiger partial charge on any atom is 0.221 e. The van der Waals surface area contributed by atoms with Crippen molar-refractivity contribution in [2.45, 2.75) is 52.5 Å². The summed E-state index contributed by atoms with van der Waals surface area (Å²) >= 11 is 0. The lowest BCUT2D eigenvalue weighted by atomic mass is 9.83. The molecule has 1 aliphatic rings. The van der Waals surface area contributed by atoms with Crippen molar-refractivity contribution in [2.75, 3.05) is 26.0 Å². The minimum absolute atomic E-state index is 0.118. The second-order valence-corrected chi connectivity index (χ2v) is 7.06. The second-order valence-electron chi connectivity index (χ2n) is 7.06. The predicted octanol–water partition coefficient (Wildman–Crippen LogP) is 3.29. The molecule has 0 saturated heterocycles. The minimum Gasteiger partial charge on any atom is -0.495 e. The maximum atomic E-state index is 11.4. The second kappa shape index (κ2) is 9.46. The lowest BCUT2D eigenvalue weighted by molar-refractivity contribution is -0.114. The average molecular weight is 361 g/mol. The third kappa shape index (κ3) is 5.38. The van der Waals surface area contributed by atoms with Crippen molar-refractivity contribution in [1.29, 1.82) is 0 Å². The highest BCUT2D eigenvalue weighted by Crippen LogP contribution is 2.40. The van der Waals surface area contributed by atoms with Gasteiger partial charge in [-0.05, 0) is 42.4 Å². The van der Waals surface area contributed by atoms with E-state index < -0.39 is 0 Å². The standard InChI is InChI=1S/C20H32N4O2/c1-5-20(10-6-7-11-20)14-23-19(21-3)22-13-16-8-9-18(26-4)17(12-16)24-15(2)25/h8-9,12H,5-7,10-11,13-14H2,1-4H3,(H,24,25)(H2,21,22,23). The molecule has 0 bridgehead atoms. The van der Waals surface area contributed by atoms with Gasteiger partial charge in [-0.2, -0.15) is 0 Å². The number of hydrogen-bond donors (Lipinski definition) is 3. The number of ether oxygens (including phenoxy) is 1. The molecular formula is C20H32N4O2. The van der Waals surface area contributed by atoms with E-state index in [1.165, 1.54) is 39.0 Å². The van der Waals surface area contributed by atoms with Gasteiger partial charge < -0.3 is 20.7 Å². The van der Waals surface area contributed by atoms with Gasteiger partial charge in [0, 0.05) is 27.1 Å². The Balaban J connectivity index is 1.94. The minimum atomic E-state index is -0.118. The Morgan fingerprint density at radius 1 is 1.27 bits per heavy atom. The molecular weight excluding hydrogens is 328 g/mol. The van der Waals surface area contributed by atoms with E-state index in [2.05, 4.69) is 27.9 Å². The number of benzene rings is 1. The molecule has 0 spiro atoms. The molecule has 6 heteroatoms. The number of guanidine groups is 1. The summed E-state index contributed by atoms with van der Waals surface area (Å²) in [6, 6.07) is 5.77. The van der Waals surface area contributed by atoms with Gasteiger partial charge in [-0.1, -0.05) is 25.8 Å². The fraction of sp³-hybridized carbons (Fsp3) is 0.600. The normalized spacial score (nSPS) is 16.2. The number of rotatable bonds is 7.